The molecule has 2 N–H and O–H groups in total. The molecule has 1 unspecified atom stereocenters. The molecule has 1 atom stereocenters. The first-order valence-electron chi connectivity index (χ1n) is 4.60. The van der Waals surface area contributed by atoms with Gasteiger partial charge >= 0.3 is 0 Å². The van der Waals surface area contributed by atoms with Crippen LogP contribution in [0.2, 0.25) is 0 Å². The molecular formula is C9H15NO2. The van der Waals surface area contributed by atoms with Crippen LogP contribution in [0, 0.1) is 0 Å². The molecule has 0 spiro atoms. The Balaban J connectivity index is 1.70. The smallest absolute Gasteiger partial charge is 0.123 e. The number of rotatable bonds is 4. The van der Waals surface area contributed by atoms with Crippen molar-refractivity contribution < 1.29 is 9.84 Å². The molecule has 0 aromatic heterocycles. The molecule has 0 bridgehead atoms. The highest BCUT2D eigenvalue weighted by Crippen LogP contribution is 2.19. The molecule has 0 radical (unpaired) electrons. The maximum Gasteiger partial charge on any atom is 0.123 e. The minimum absolute atomic E-state index is 0.437. The fourth-order valence-electron chi connectivity index (χ4n) is 1.34. The third kappa shape index (κ3) is 1.99. The molecule has 0 amide bonds. The highest BCUT2D eigenvalue weighted by Gasteiger charge is 2.23. The Kier molecular flexibility index (Phi) is 2.33. The molecule has 68 valence electrons. The van der Waals surface area contributed by atoms with Gasteiger partial charge in [0, 0.05) is 19.0 Å². The zero-order valence-electron chi connectivity index (χ0n) is 7.12. The predicted octanol–water partition coefficient (Wildman–Crippen LogP) is 0.403. The van der Waals surface area contributed by atoms with Gasteiger partial charge in [-0.1, -0.05) is 0 Å². The van der Waals surface area contributed by atoms with Gasteiger partial charge in [-0.3, -0.25) is 0 Å². The Morgan fingerprint density at radius 3 is 3.08 bits per heavy atom. The maximum atomic E-state index is 9.57. The van der Waals surface area contributed by atoms with Crippen molar-refractivity contribution in [3.8, 4) is 0 Å². The first-order chi connectivity index (χ1) is 5.86. The summed E-state index contributed by atoms with van der Waals surface area (Å²) in [5.41, 5.74) is 0. The lowest BCUT2D eigenvalue weighted by molar-refractivity contribution is 0.117. The highest BCUT2D eigenvalue weighted by atomic mass is 16.5. The number of hydrogen-bond donors (Lipinski definition) is 2. The van der Waals surface area contributed by atoms with Gasteiger partial charge in [0.15, 0.2) is 0 Å². The van der Waals surface area contributed by atoms with E-state index in [0.29, 0.717) is 12.6 Å². The van der Waals surface area contributed by atoms with Crippen molar-refractivity contribution in [1.82, 2.24) is 5.32 Å². The molecule has 1 fully saturated rings. The Bertz CT molecular complexity index is 187. The second kappa shape index (κ2) is 3.46. The van der Waals surface area contributed by atoms with E-state index in [9.17, 15) is 5.11 Å². The number of ether oxygens (including phenoxy) is 1. The molecule has 2 rings (SSSR count). The topological polar surface area (TPSA) is 41.5 Å². The maximum absolute atomic E-state index is 9.57. The van der Waals surface area contributed by atoms with Gasteiger partial charge in [0.2, 0.25) is 0 Å². The van der Waals surface area contributed by atoms with Crippen molar-refractivity contribution in [3.05, 3.63) is 11.8 Å². The molecule has 1 saturated carbocycles. The van der Waals surface area contributed by atoms with E-state index < -0.39 is 6.10 Å². The fourth-order valence-corrected chi connectivity index (χ4v) is 1.34. The summed E-state index contributed by atoms with van der Waals surface area (Å²) in [6.45, 7) is 1.37. The summed E-state index contributed by atoms with van der Waals surface area (Å²) in [6.07, 6.45) is 4.99. The summed E-state index contributed by atoms with van der Waals surface area (Å²) >= 11 is 0. The van der Waals surface area contributed by atoms with Crippen LogP contribution in [-0.2, 0) is 4.74 Å². The summed E-state index contributed by atoms with van der Waals surface area (Å²) < 4.78 is 5.24. The fraction of sp³-hybridized carbons (Fsp3) is 0.778. The van der Waals surface area contributed by atoms with Gasteiger partial charge in [-0.15, -0.1) is 0 Å². The Hall–Kier alpha value is -0.540. The van der Waals surface area contributed by atoms with Crippen molar-refractivity contribution in [1.29, 1.82) is 0 Å². The molecule has 2 aliphatic rings. The zero-order valence-corrected chi connectivity index (χ0v) is 7.12. The summed E-state index contributed by atoms with van der Waals surface area (Å²) in [6, 6.07) is 0.654. The third-order valence-electron chi connectivity index (χ3n) is 2.24. The van der Waals surface area contributed by atoms with Gasteiger partial charge in [0.1, 0.15) is 11.9 Å². The number of hydrogen-bond acceptors (Lipinski definition) is 3. The Labute approximate surface area is 72.4 Å². The average Bonchev–Trinajstić information content (AvgIpc) is 2.74. The summed E-state index contributed by atoms with van der Waals surface area (Å²) in [5.74, 6) is 0.753. The highest BCUT2D eigenvalue weighted by molar-refractivity contribution is 5.04. The predicted molar refractivity (Wildman–Crippen MR) is 45.7 cm³/mol. The lowest BCUT2D eigenvalue weighted by atomic mass is 10.2. The van der Waals surface area contributed by atoms with Gasteiger partial charge in [0.05, 0.1) is 6.61 Å². The van der Waals surface area contributed by atoms with Crippen molar-refractivity contribution >= 4 is 0 Å². The first-order valence-corrected chi connectivity index (χ1v) is 4.60. The standard InChI is InChI=1S/C9H15NO2/c11-8(6-10-7-3-4-7)9-2-1-5-12-9/h2,7-8,10-11H,1,3-6H2. The minimum Gasteiger partial charge on any atom is -0.495 e. The number of aliphatic hydroxyl groups is 1. The van der Waals surface area contributed by atoms with E-state index in [2.05, 4.69) is 5.32 Å². The van der Waals surface area contributed by atoms with E-state index in [4.69, 9.17) is 4.74 Å². The largest absolute Gasteiger partial charge is 0.495 e. The van der Waals surface area contributed by atoms with Gasteiger partial charge in [-0.25, -0.2) is 0 Å². The van der Waals surface area contributed by atoms with Crippen LogP contribution in [0.5, 0.6) is 0 Å². The first kappa shape index (κ1) is 8.08. The molecule has 1 aliphatic heterocycles. The van der Waals surface area contributed by atoms with E-state index in [-0.39, 0.29) is 0 Å². The monoisotopic (exact) mass is 169 g/mol. The summed E-state index contributed by atoms with van der Waals surface area (Å²) in [5, 5.41) is 12.8. The van der Waals surface area contributed by atoms with Crippen molar-refractivity contribution in [2.24, 2.45) is 0 Å². The van der Waals surface area contributed by atoms with Crippen LogP contribution in [0.1, 0.15) is 19.3 Å². The quantitative estimate of drug-likeness (QED) is 0.640. The minimum atomic E-state index is -0.437. The third-order valence-corrected chi connectivity index (χ3v) is 2.24. The molecule has 1 aliphatic carbocycles. The average molecular weight is 169 g/mol. The second-order valence-corrected chi connectivity index (χ2v) is 3.44. The Morgan fingerprint density at radius 1 is 1.67 bits per heavy atom. The van der Waals surface area contributed by atoms with Crippen molar-refractivity contribution in [2.75, 3.05) is 13.2 Å². The SMILES string of the molecule is OC(CNC1CC1)C1=CCCO1. The Morgan fingerprint density at radius 2 is 2.50 bits per heavy atom. The van der Waals surface area contributed by atoms with Crippen LogP contribution < -0.4 is 5.32 Å². The number of nitrogens with one attached hydrogen (secondary N) is 1. The van der Waals surface area contributed by atoms with Gasteiger partial charge in [-0.05, 0) is 18.9 Å². The van der Waals surface area contributed by atoms with Crippen LogP contribution >= 0.6 is 0 Å². The second-order valence-electron chi connectivity index (χ2n) is 3.44. The molecule has 0 aromatic rings. The molecule has 1 heterocycles. The van der Waals surface area contributed by atoms with Crippen LogP contribution in [-0.4, -0.2) is 30.4 Å². The van der Waals surface area contributed by atoms with E-state index in [0.717, 1.165) is 18.8 Å². The lowest BCUT2D eigenvalue weighted by Gasteiger charge is -2.12. The zero-order chi connectivity index (χ0) is 8.39. The van der Waals surface area contributed by atoms with Gasteiger partial charge in [-0.2, -0.15) is 0 Å². The molecule has 0 aromatic carbocycles. The van der Waals surface area contributed by atoms with Gasteiger partial charge < -0.3 is 15.2 Å². The number of aliphatic hydroxyl groups excluding tert-OH is 1. The van der Waals surface area contributed by atoms with E-state index >= 15 is 0 Å². The summed E-state index contributed by atoms with van der Waals surface area (Å²) in [4.78, 5) is 0. The molecule has 3 nitrogen and oxygen atoms in total. The van der Waals surface area contributed by atoms with E-state index in [1.54, 1.807) is 0 Å². The molecule has 3 heteroatoms. The molecule has 0 saturated heterocycles. The van der Waals surface area contributed by atoms with Crippen LogP contribution in [0.3, 0.4) is 0 Å². The normalized spacial score (nSPS) is 24.9. The van der Waals surface area contributed by atoms with Crippen LogP contribution in [0.15, 0.2) is 11.8 Å². The van der Waals surface area contributed by atoms with Crippen molar-refractivity contribution in [2.45, 2.75) is 31.4 Å². The van der Waals surface area contributed by atoms with Crippen LogP contribution in [0.25, 0.3) is 0 Å². The lowest BCUT2D eigenvalue weighted by Crippen LogP contribution is -2.29. The van der Waals surface area contributed by atoms with E-state index in [1.807, 2.05) is 6.08 Å². The van der Waals surface area contributed by atoms with E-state index in [1.165, 1.54) is 12.8 Å². The summed E-state index contributed by atoms with van der Waals surface area (Å²) in [7, 11) is 0. The van der Waals surface area contributed by atoms with Crippen molar-refractivity contribution in [3.63, 3.8) is 0 Å². The molecular weight excluding hydrogens is 154 g/mol. The van der Waals surface area contributed by atoms with Crippen LogP contribution in [0.4, 0.5) is 0 Å². The molecule has 12 heavy (non-hydrogen) atoms. The van der Waals surface area contributed by atoms with Gasteiger partial charge in [0.25, 0.3) is 0 Å².